The van der Waals surface area contributed by atoms with Crippen LogP contribution >= 0.6 is 24.0 Å². The number of nitrogens with one attached hydrogen (secondary N) is 3. The molecule has 1 saturated carbocycles. The van der Waals surface area contributed by atoms with Gasteiger partial charge in [-0.15, -0.1) is 24.0 Å². The van der Waals surface area contributed by atoms with Crippen molar-refractivity contribution >= 4 is 40.0 Å². The summed E-state index contributed by atoms with van der Waals surface area (Å²) in [4.78, 5) is 4.46. The van der Waals surface area contributed by atoms with Crippen LogP contribution in [0.4, 0.5) is 0 Å². The second-order valence-electron chi connectivity index (χ2n) is 5.97. The molecule has 142 valence electrons. The molecule has 1 aliphatic carbocycles. The Kier molecular flexibility index (Phi) is 9.11. The highest BCUT2D eigenvalue weighted by molar-refractivity contribution is 14.0. The molecule has 3 N–H and O–H groups in total. The summed E-state index contributed by atoms with van der Waals surface area (Å²) in [5, 5.41) is 6.40. The van der Waals surface area contributed by atoms with E-state index in [1.807, 2.05) is 6.92 Å². The van der Waals surface area contributed by atoms with E-state index in [-0.39, 0.29) is 36.1 Å². The van der Waals surface area contributed by atoms with Crippen LogP contribution in [0.5, 0.6) is 0 Å². The van der Waals surface area contributed by atoms with Crippen molar-refractivity contribution in [2.24, 2.45) is 4.99 Å². The van der Waals surface area contributed by atoms with Crippen molar-refractivity contribution in [3.8, 4) is 0 Å². The summed E-state index contributed by atoms with van der Waals surface area (Å²) in [5.41, 5.74) is 0.975. The highest BCUT2D eigenvalue weighted by atomic mass is 127. The highest BCUT2D eigenvalue weighted by Gasteiger charge is 2.27. The van der Waals surface area contributed by atoms with E-state index in [4.69, 9.17) is 4.74 Å². The molecule has 0 saturated heterocycles. The molecule has 1 fully saturated rings. The van der Waals surface area contributed by atoms with Gasteiger partial charge in [-0.1, -0.05) is 12.1 Å². The molecule has 0 heterocycles. The molecule has 1 aromatic rings. The number of methoxy groups -OCH3 is 1. The van der Waals surface area contributed by atoms with Crippen molar-refractivity contribution < 1.29 is 13.2 Å². The van der Waals surface area contributed by atoms with E-state index in [9.17, 15) is 8.42 Å². The molecule has 1 aliphatic rings. The molecule has 0 bridgehead atoms. The lowest BCUT2D eigenvalue weighted by molar-refractivity contribution is 0.179. The lowest BCUT2D eigenvalue weighted by Gasteiger charge is -2.17. The van der Waals surface area contributed by atoms with Crippen molar-refractivity contribution in [2.45, 2.75) is 43.3 Å². The minimum Gasteiger partial charge on any atom is -0.383 e. The van der Waals surface area contributed by atoms with Crippen molar-refractivity contribution in [3.63, 3.8) is 0 Å². The summed E-state index contributed by atoms with van der Waals surface area (Å²) in [7, 11) is -0.0351. The van der Waals surface area contributed by atoms with E-state index >= 15 is 0 Å². The first-order chi connectivity index (χ1) is 11.4. The first-order valence-electron chi connectivity index (χ1n) is 8.02. The maximum atomic E-state index is 12.1. The number of hydrogen-bond donors (Lipinski definition) is 3. The van der Waals surface area contributed by atoms with Gasteiger partial charge in [0.05, 0.1) is 11.5 Å². The van der Waals surface area contributed by atoms with Gasteiger partial charge in [-0.2, -0.15) is 0 Å². The Labute approximate surface area is 167 Å². The van der Waals surface area contributed by atoms with Crippen LogP contribution in [0.3, 0.4) is 0 Å². The quantitative estimate of drug-likeness (QED) is 0.297. The minimum absolute atomic E-state index is 0. The zero-order chi connectivity index (χ0) is 17.6. The van der Waals surface area contributed by atoms with Gasteiger partial charge in [0.25, 0.3) is 0 Å². The fourth-order valence-electron chi connectivity index (χ4n) is 2.18. The van der Waals surface area contributed by atoms with Crippen LogP contribution < -0.4 is 15.4 Å². The Balaban J connectivity index is 0.00000312. The fraction of sp³-hybridized carbons (Fsp3) is 0.562. The molecule has 0 radical (unpaired) electrons. The van der Waals surface area contributed by atoms with Crippen molar-refractivity contribution in [1.82, 2.24) is 15.4 Å². The molecule has 0 amide bonds. The lowest BCUT2D eigenvalue weighted by atomic mass is 10.2. The van der Waals surface area contributed by atoms with E-state index in [0.29, 0.717) is 24.0 Å². The Morgan fingerprint density at radius 3 is 2.48 bits per heavy atom. The topological polar surface area (TPSA) is 91.8 Å². The van der Waals surface area contributed by atoms with Crippen LogP contribution in [0, 0.1) is 0 Å². The standard InChI is InChI=1S/C16H26N4O3S.HI/c1-12(11-23-3)19-16(17-2)18-10-13-4-8-15(9-5-13)24(21,22)20-14-6-7-14;/h4-5,8-9,12,14,20H,6-7,10-11H2,1-3H3,(H2,17,18,19);1H. The normalized spacial score (nSPS) is 16.0. The van der Waals surface area contributed by atoms with E-state index < -0.39 is 10.0 Å². The smallest absolute Gasteiger partial charge is 0.240 e. The monoisotopic (exact) mass is 482 g/mol. The van der Waals surface area contributed by atoms with Crippen molar-refractivity contribution in [2.75, 3.05) is 20.8 Å². The van der Waals surface area contributed by atoms with Gasteiger partial charge in [0.2, 0.25) is 10.0 Å². The third-order valence-corrected chi connectivity index (χ3v) is 5.15. The number of hydrogen-bond acceptors (Lipinski definition) is 4. The summed E-state index contributed by atoms with van der Waals surface area (Å²) >= 11 is 0. The molecule has 1 aromatic carbocycles. The summed E-state index contributed by atoms with van der Waals surface area (Å²) in [5.74, 6) is 0.673. The molecule has 0 aliphatic heterocycles. The molecule has 7 nitrogen and oxygen atoms in total. The Morgan fingerprint density at radius 2 is 1.96 bits per heavy atom. The number of guanidine groups is 1. The molecule has 2 rings (SSSR count). The number of benzene rings is 1. The van der Waals surface area contributed by atoms with Crippen molar-refractivity contribution in [1.29, 1.82) is 0 Å². The number of rotatable bonds is 8. The lowest BCUT2D eigenvalue weighted by Crippen LogP contribution is -2.43. The van der Waals surface area contributed by atoms with E-state index in [2.05, 4.69) is 20.3 Å². The third-order valence-electron chi connectivity index (χ3n) is 3.62. The predicted octanol–water partition coefficient (Wildman–Crippen LogP) is 1.45. The molecule has 25 heavy (non-hydrogen) atoms. The van der Waals surface area contributed by atoms with Crippen LogP contribution in [0.2, 0.25) is 0 Å². The number of halogens is 1. The first kappa shape index (κ1) is 22.1. The van der Waals surface area contributed by atoms with E-state index in [1.165, 1.54) is 0 Å². The molecule has 1 unspecified atom stereocenters. The maximum absolute atomic E-state index is 12.1. The first-order valence-corrected chi connectivity index (χ1v) is 9.50. The Morgan fingerprint density at radius 1 is 1.32 bits per heavy atom. The third kappa shape index (κ3) is 7.47. The fourth-order valence-corrected chi connectivity index (χ4v) is 3.49. The van der Waals surface area contributed by atoms with Gasteiger partial charge in [-0.3, -0.25) is 4.99 Å². The summed E-state index contributed by atoms with van der Waals surface area (Å²) in [6, 6.07) is 7.12. The number of ether oxygens (including phenoxy) is 1. The number of nitrogens with zero attached hydrogens (tertiary/aromatic N) is 1. The molecular weight excluding hydrogens is 455 g/mol. The SMILES string of the molecule is CN=C(NCc1ccc(S(=O)(=O)NC2CC2)cc1)NC(C)COC.I. The van der Waals surface area contributed by atoms with Crippen LogP contribution in [-0.2, 0) is 21.3 Å². The molecule has 1 atom stereocenters. The average Bonchev–Trinajstić information content (AvgIpc) is 3.35. The van der Waals surface area contributed by atoms with Gasteiger partial charge in [-0.05, 0) is 37.5 Å². The maximum Gasteiger partial charge on any atom is 0.240 e. The zero-order valence-electron chi connectivity index (χ0n) is 14.8. The molecule has 0 spiro atoms. The Hall–Kier alpha value is -0.910. The predicted molar refractivity (Wildman–Crippen MR) is 110 cm³/mol. The van der Waals surface area contributed by atoms with Crippen molar-refractivity contribution in [3.05, 3.63) is 29.8 Å². The number of aliphatic imine (C=N–C) groups is 1. The van der Waals surface area contributed by atoms with E-state index in [0.717, 1.165) is 18.4 Å². The van der Waals surface area contributed by atoms with Gasteiger partial charge >= 0.3 is 0 Å². The summed E-state index contributed by atoms with van der Waals surface area (Å²) in [6.45, 7) is 3.14. The molecular formula is C16H27IN4O3S. The van der Waals surface area contributed by atoms with Crippen LogP contribution in [0.15, 0.2) is 34.2 Å². The molecule has 9 heteroatoms. The zero-order valence-corrected chi connectivity index (χ0v) is 17.9. The van der Waals surface area contributed by atoms with Crippen LogP contribution in [0.1, 0.15) is 25.3 Å². The van der Waals surface area contributed by atoms with Crippen LogP contribution in [0.25, 0.3) is 0 Å². The van der Waals surface area contributed by atoms with Gasteiger partial charge in [-0.25, -0.2) is 13.1 Å². The van der Waals surface area contributed by atoms with Gasteiger partial charge < -0.3 is 15.4 Å². The van der Waals surface area contributed by atoms with Gasteiger partial charge in [0.1, 0.15) is 0 Å². The summed E-state index contributed by atoms with van der Waals surface area (Å²) in [6.07, 6.45) is 1.85. The second kappa shape index (κ2) is 10.3. The minimum atomic E-state index is -3.39. The highest BCUT2D eigenvalue weighted by Crippen LogP contribution is 2.22. The van der Waals surface area contributed by atoms with Gasteiger partial charge in [0, 0.05) is 32.8 Å². The largest absolute Gasteiger partial charge is 0.383 e. The molecule has 0 aromatic heterocycles. The van der Waals surface area contributed by atoms with E-state index in [1.54, 1.807) is 38.4 Å². The van der Waals surface area contributed by atoms with Crippen LogP contribution in [-0.4, -0.2) is 47.2 Å². The summed E-state index contributed by atoms with van der Waals surface area (Å²) < 4.78 is 32.0. The second-order valence-corrected chi connectivity index (χ2v) is 7.68. The average molecular weight is 482 g/mol. The Bertz CT molecular complexity index is 660. The van der Waals surface area contributed by atoms with Gasteiger partial charge in [0.15, 0.2) is 5.96 Å². The number of sulfonamides is 1.